The Hall–Kier alpha value is -1.08. The zero-order valence-corrected chi connectivity index (χ0v) is 11.8. The number of rotatable bonds is 5. The van der Waals surface area contributed by atoms with Gasteiger partial charge >= 0.3 is 6.18 Å². The summed E-state index contributed by atoms with van der Waals surface area (Å²) in [4.78, 5) is 1.47. The van der Waals surface area contributed by atoms with Gasteiger partial charge in [0.15, 0.2) is 0 Å². The highest BCUT2D eigenvalue weighted by Gasteiger charge is 2.34. The Morgan fingerprint density at radius 2 is 2.15 bits per heavy atom. The molecule has 7 heteroatoms. The second-order valence-corrected chi connectivity index (χ2v) is 5.44. The Kier molecular flexibility index (Phi) is 4.70. The molecule has 1 fully saturated rings. The van der Waals surface area contributed by atoms with Crippen molar-refractivity contribution in [2.45, 2.75) is 33.0 Å². The predicted molar refractivity (Wildman–Crippen MR) is 68.3 cm³/mol. The maximum absolute atomic E-state index is 12.3. The van der Waals surface area contributed by atoms with Gasteiger partial charge in [-0.25, -0.2) is 0 Å². The molecular formula is C13H20F3N3O. The summed E-state index contributed by atoms with van der Waals surface area (Å²) in [5, 5.41) is 7.16. The fraction of sp³-hybridized carbons (Fsp3) is 0.769. The highest BCUT2D eigenvalue weighted by Crippen LogP contribution is 2.22. The Balaban J connectivity index is 1.71. The molecule has 1 aliphatic rings. The molecule has 1 aliphatic heterocycles. The summed E-state index contributed by atoms with van der Waals surface area (Å²) in [6.07, 6.45) is -3.29. The van der Waals surface area contributed by atoms with Gasteiger partial charge in [-0.2, -0.15) is 13.2 Å². The lowest BCUT2D eigenvalue weighted by atomic mass is 10.1. The fourth-order valence-corrected chi connectivity index (χ4v) is 2.63. The number of hydrogen-bond acceptors (Lipinski definition) is 4. The van der Waals surface area contributed by atoms with Gasteiger partial charge in [0.2, 0.25) is 0 Å². The molecule has 2 heterocycles. The van der Waals surface area contributed by atoms with E-state index < -0.39 is 12.7 Å². The number of aryl methyl sites for hydroxylation is 2. The van der Waals surface area contributed by atoms with Crippen molar-refractivity contribution in [3.63, 3.8) is 0 Å². The zero-order valence-electron chi connectivity index (χ0n) is 11.8. The second kappa shape index (κ2) is 6.13. The number of nitrogens with one attached hydrogen (secondary N) is 1. The molecule has 20 heavy (non-hydrogen) atoms. The van der Waals surface area contributed by atoms with E-state index in [1.165, 1.54) is 4.90 Å². The van der Waals surface area contributed by atoms with E-state index in [0.717, 1.165) is 30.0 Å². The molecule has 1 N–H and O–H groups in total. The number of aromatic nitrogens is 1. The highest BCUT2D eigenvalue weighted by molar-refractivity contribution is 5.20. The summed E-state index contributed by atoms with van der Waals surface area (Å²) in [5.41, 5.74) is 1.90. The van der Waals surface area contributed by atoms with E-state index in [4.69, 9.17) is 4.52 Å². The van der Waals surface area contributed by atoms with Gasteiger partial charge in [-0.15, -0.1) is 0 Å². The molecule has 4 nitrogen and oxygen atoms in total. The minimum atomic E-state index is -4.10. The normalized spacial score (nSPS) is 20.8. The quantitative estimate of drug-likeness (QED) is 0.903. The van der Waals surface area contributed by atoms with Gasteiger partial charge in [0.25, 0.3) is 0 Å². The molecule has 0 aliphatic carbocycles. The third kappa shape index (κ3) is 4.21. The second-order valence-electron chi connectivity index (χ2n) is 5.44. The Bertz CT molecular complexity index is 425. The van der Waals surface area contributed by atoms with Gasteiger partial charge in [-0.05, 0) is 39.3 Å². The molecule has 0 bridgehead atoms. The standard InChI is InChI=1S/C13H20F3N3O/c1-9-12(10(2)20-18-9)6-17-5-11-3-4-19(7-11)8-13(14,15)16/h11,17H,3-8H2,1-2H3. The largest absolute Gasteiger partial charge is 0.401 e. The van der Waals surface area contributed by atoms with E-state index in [1.54, 1.807) is 0 Å². The van der Waals surface area contributed by atoms with Crippen LogP contribution in [0, 0.1) is 19.8 Å². The van der Waals surface area contributed by atoms with Crippen molar-refractivity contribution in [2.24, 2.45) is 5.92 Å². The SMILES string of the molecule is Cc1noc(C)c1CNCC1CCN(CC(F)(F)F)C1. The summed E-state index contributed by atoms with van der Waals surface area (Å²) >= 11 is 0. The average molecular weight is 291 g/mol. The highest BCUT2D eigenvalue weighted by atomic mass is 19.4. The van der Waals surface area contributed by atoms with Crippen LogP contribution in [0.5, 0.6) is 0 Å². The van der Waals surface area contributed by atoms with E-state index in [9.17, 15) is 13.2 Å². The van der Waals surface area contributed by atoms with E-state index in [2.05, 4.69) is 10.5 Å². The molecule has 2 rings (SSSR count). The van der Waals surface area contributed by atoms with E-state index in [1.807, 2.05) is 13.8 Å². The lowest BCUT2D eigenvalue weighted by Crippen LogP contribution is -2.33. The Labute approximate surface area is 116 Å². The number of alkyl halides is 3. The first kappa shape index (κ1) is 15.3. The maximum atomic E-state index is 12.3. The van der Waals surface area contributed by atoms with Crippen LogP contribution in [-0.4, -0.2) is 42.4 Å². The van der Waals surface area contributed by atoms with Crippen LogP contribution in [0.3, 0.4) is 0 Å². The minimum Gasteiger partial charge on any atom is -0.361 e. The Morgan fingerprint density at radius 1 is 1.40 bits per heavy atom. The lowest BCUT2D eigenvalue weighted by molar-refractivity contribution is -0.143. The van der Waals surface area contributed by atoms with Gasteiger partial charge < -0.3 is 9.84 Å². The summed E-state index contributed by atoms with van der Waals surface area (Å²) < 4.78 is 41.9. The van der Waals surface area contributed by atoms with Crippen LogP contribution >= 0.6 is 0 Å². The van der Waals surface area contributed by atoms with Crippen molar-refractivity contribution in [2.75, 3.05) is 26.2 Å². The molecule has 0 aromatic carbocycles. The fourth-order valence-electron chi connectivity index (χ4n) is 2.63. The molecule has 0 spiro atoms. The molecule has 1 unspecified atom stereocenters. The molecule has 114 valence electrons. The van der Waals surface area contributed by atoms with Gasteiger partial charge in [-0.3, -0.25) is 4.90 Å². The van der Waals surface area contributed by atoms with Crippen molar-refractivity contribution >= 4 is 0 Å². The van der Waals surface area contributed by atoms with Crippen LogP contribution in [-0.2, 0) is 6.54 Å². The van der Waals surface area contributed by atoms with Gasteiger partial charge in [0, 0.05) is 18.7 Å². The maximum Gasteiger partial charge on any atom is 0.401 e. The van der Waals surface area contributed by atoms with E-state index in [-0.39, 0.29) is 5.92 Å². The molecule has 1 saturated heterocycles. The molecule has 0 amide bonds. The van der Waals surface area contributed by atoms with Crippen molar-refractivity contribution in [1.29, 1.82) is 0 Å². The van der Waals surface area contributed by atoms with Gasteiger partial charge in [0.05, 0.1) is 12.2 Å². The number of halogens is 3. The smallest absolute Gasteiger partial charge is 0.361 e. The third-order valence-corrected chi connectivity index (χ3v) is 3.69. The van der Waals surface area contributed by atoms with Crippen LogP contribution in [0.4, 0.5) is 13.2 Å². The van der Waals surface area contributed by atoms with Crippen LogP contribution in [0.25, 0.3) is 0 Å². The molecule has 0 saturated carbocycles. The van der Waals surface area contributed by atoms with Crippen molar-refractivity contribution in [3.05, 3.63) is 17.0 Å². The average Bonchev–Trinajstić information content (AvgIpc) is 2.88. The van der Waals surface area contributed by atoms with E-state index in [0.29, 0.717) is 19.6 Å². The molecule has 1 aromatic rings. The monoisotopic (exact) mass is 291 g/mol. The molecular weight excluding hydrogens is 271 g/mol. The predicted octanol–water partition coefficient (Wildman–Crippen LogP) is 2.27. The first-order chi connectivity index (χ1) is 9.35. The number of likely N-dealkylation sites (tertiary alicyclic amines) is 1. The van der Waals surface area contributed by atoms with Crippen molar-refractivity contribution < 1.29 is 17.7 Å². The topological polar surface area (TPSA) is 41.3 Å². The summed E-state index contributed by atoms with van der Waals surface area (Å²) in [7, 11) is 0. The van der Waals surface area contributed by atoms with Gasteiger partial charge in [-0.1, -0.05) is 5.16 Å². The summed E-state index contributed by atoms with van der Waals surface area (Å²) in [6, 6.07) is 0. The molecule has 1 aromatic heterocycles. The lowest BCUT2D eigenvalue weighted by Gasteiger charge is -2.18. The minimum absolute atomic E-state index is 0.276. The van der Waals surface area contributed by atoms with E-state index >= 15 is 0 Å². The first-order valence-electron chi connectivity index (χ1n) is 6.76. The first-order valence-corrected chi connectivity index (χ1v) is 6.76. The van der Waals surface area contributed by atoms with Crippen molar-refractivity contribution in [3.8, 4) is 0 Å². The van der Waals surface area contributed by atoms with Crippen LogP contribution in [0.15, 0.2) is 4.52 Å². The molecule has 0 radical (unpaired) electrons. The van der Waals surface area contributed by atoms with Crippen LogP contribution < -0.4 is 5.32 Å². The third-order valence-electron chi connectivity index (χ3n) is 3.69. The van der Waals surface area contributed by atoms with Gasteiger partial charge in [0.1, 0.15) is 5.76 Å². The van der Waals surface area contributed by atoms with Crippen LogP contribution in [0.2, 0.25) is 0 Å². The zero-order chi connectivity index (χ0) is 14.8. The molecule has 1 atom stereocenters. The number of nitrogens with zero attached hydrogens (tertiary/aromatic N) is 2. The number of hydrogen-bond donors (Lipinski definition) is 1. The van der Waals surface area contributed by atoms with Crippen LogP contribution in [0.1, 0.15) is 23.4 Å². The van der Waals surface area contributed by atoms with Crippen molar-refractivity contribution in [1.82, 2.24) is 15.4 Å². The summed E-state index contributed by atoms with van der Waals surface area (Å²) in [6.45, 7) is 5.35. The Morgan fingerprint density at radius 3 is 2.75 bits per heavy atom. The summed E-state index contributed by atoms with van der Waals surface area (Å²) in [5.74, 6) is 1.07.